The van der Waals surface area contributed by atoms with Crippen LogP contribution < -0.4 is 4.90 Å². The summed E-state index contributed by atoms with van der Waals surface area (Å²) < 4.78 is 6.70. The van der Waals surface area contributed by atoms with Gasteiger partial charge in [-0.3, -0.25) is 14.4 Å². The Bertz CT molecular complexity index is 1360. The van der Waals surface area contributed by atoms with Crippen molar-refractivity contribution in [2.24, 2.45) is 11.8 Å². The first-order valence-corrected chi connectivity index (χ1v) is 15.3. The molecule has 0 aromatic heterocycles. The number of likely N-dealkylation sites (tertiary alicyclic amines) is 1. The number of aryl methyl sites for hydroxylation is 2. The minimum Gasteiger partial charge on any atom is -0.396 e. The molecule has 1 spiro atoms. The van der Waals surface area contributed by atoms with Gasteiger partial charge in [0.2, 0.25) is 11.8 Å². The minimum absolute atomic E-state index is 0.00407. The number of carbonyl (C=O) groups is 3. The van der Waals surface area contributed by atoms with Gasteiger partial charge < -0.3 is 24.5 Å². The Labute approximate surface area is 254 Å². The van der Waals surface area contributed by atoms with Gasteiger partial charge in [-0.2, -0.15) is 0 Å². The molecule has 43 heavy (non-hydrogen) atoms. The van der Waals surface area contributed by atoms with Crippen molar-refractivity contribution in [3.05, 3.63) is 90.5 Å². The molecule has 2 aromatic carbocycles. The first kappa shape index (κ1) is 30.7. The fraction of sp³-hybridized carbons (Fsp3) is 0.457. The van der Waals surface area contributed by atoms with E-state index in [4.69, 9.17) is 4.74 Å². The number of nitrogens with zero attached hydrogens (tertiary/aromatic N) is 3. The van der Waals surface area contributed by atoms with Crippen LogP contribution in [0.3, 0.4) is 0 Å². The van der Waals surface area contributed by atoms with Crippen molar-refractivity contribution in [1.29, 1.82) is 0 Å². The van der Waals surface area contributed by atoms with Gasteiger partial charge in [0.15, 0.2) is 0 Å². The minimum atomic E-state index is -1.10. The molecule has 3 fully saturated rings. The molecular formula is C35H43N3O5. The normalized spacial score (nSPS) is 25.5. The molecule has 5 atom stereocenters. The predicted octanol–water partition coefficient (Wildman–Crippen LogP) is 4.18. The number of rotatable bonds is 13. The van der Waals surface area contributed by atoms with E-state index in [0.29, 0.717) is 45.3 Å². The van der Waals surface area contributed by atoms with Crippen LogP contribution in [0.1, 0.15) is 42.4 Å². The Morgan fingerprint density at radius 1 is 1.02 bits per heavy atom. The number of benzene rings is 2. The highest BCUT2D eigenvalue weighted by atomic mass is 16.5. The van der Waals surface area contributed by atoms with Gasteiger partial charge in [-0.15, -0.1) is 13.2 Å². The Kier molecular flexibility index (Phi) is 9.18. The number of carbonyl (C=O) groups excluding carboxylic acids is 3. The number of fused-ring (bicyclic) bond motifs is 1. The predicted molar refractivity (Wildman–Crippen MR) is 166 cm³/mol. The van der Waals surface area contributed by atoms with Gasteiger partial charge >= 0.3 is 0 Å². The number of unbranched alkanes of at least 4 members (excludes halogenated alkanes) is 1. The maximum atomic E-state index is 14.8. The van der Waals surface area contributed by atoms with Crippen molar-refractivity contribution >= 4 is 23.4 Å². The molecule has 0 saturated carbocycles. The molecule has 228 valence electrons. The van der Waals surface area contributed by atoms with Crippen LogP contribution in [-0.2, 0) is 25.7 Å². The van der Waals surface area contributed by atoms with Crippen molar-refractivity contribution in [2.45, 2.75) is 63.8 Å². The smallest absolute Gasteiger partial charge is 0.253 e. The molecule has 2 unspecified atom stereocenters. The Morgan fingerprint density at radius 2 is 1.72 bits per heavy atom. The summed E-state index contributed by atoms with van der Waals surface area (Å²) >= 11 is 0. The molecule has 1 N–H and O–H groups in total. The van der Waals surface area contributed by atoms with E-state index < -0.39 is 29.6 Å². The molecule has 8 heteroatoms. The van der Waals surface area contributed by atoms with Gasteiger partial charge in [0, 0.05) is 38.5 Å². The highest BCUT2D eigenvalue weighted by molar-refractivity contribution is 6.05. The number of para-hydroxylation sites is 1. The lowest BCUT2D eigenvalue weighted by molar-refractivity contribution is -0.145. The number of aliphatic hydroxyl groups is 1. The Balaban J connectivity index is 1.54. The molecule has 2 aromatic rings. The number of hydrogen-bond acceptors (Lipinski definition) is 5. The van der Waals surface area contributed by atoms with E-state index in [-0.39, 0.29) is 30.9 Å². The summed E-state index contributed by atoms with van der Waals surface area (Å²) in [4.78, 5) is 48.5. The number of amides is 3. The molecule has 3 amide bonds. The van der Waals surface area contributed by atoms with Crippen molar-refractivity contribution in [2.75, 3.05) is 31.1 Å². The van der Waals surface area contributed by atoms with Crippen LogP contribution in [0.2, 0.25) is 0 Å². The van der Waals surface area contributed by atoms with E-state index in [1.807, 2.05) is 62.4 Å². The lowest BCUT2D eigenvalue weighted by Gasteiger charge is -2.37. The fourth-order valence-electron chi connectivity index (χ4n) is 7.55. The van der Waals surface area contributed by atoms with E-state index in [9.17, 15) is 19.5 Å². The quantitative estimate of drug-likeness (QED) is 0.281. The molecule has 3 aliphatic heterocycles. The summed E-state index contributed by atoms with van der Waals surface area (Å²) in [5, 5.41) is 9.49. The third kappa shape index (κ3) is 5.43. The van der Waals surface area contributed by atoms with E-state index >= 15 is 0 Å². The van der Waals surface area contributed by atoms with Crippen LogP contribution in [0.15, 0.2) is 73.8 Å². The van der Waals surface area contributed by atoms with E-state index in [2.05, 4.69) is 13.2 Å². The first-order valence-electron chi connectivity index (χ1n) is 15.3. The second-order valence-electron chi connectivity index (χ2n) is 12.0. The molecule has 3 heterocycles. The van der Waals surface area contributed by atoms with Crippen LogP contribution in [0, 0.1) is 25.7 Å². The van der Waals surface area contributed by atoms with Gasteiger partial charge in [-0.05, 0) is 56.2 Å². The Hall–Kier alpha value is -3.75. The summed E-state index contributed by atoms with van der Waals surface area (Å²) in [6, 6.07) is 14.8. The standard InChI is InChI=1S/C35H43N3O5/c1-5-19-36(23-26-15-8-7-9-16-26)32(40)28-27-17-18-35(43-27)29(28)33(41)38(21-10-11-22-39)31(35)34(42)37(20-6-2)30-24(3)13-12-14-25(30)4/h5-9,12-16,27-29,31,39H,1-2,10-11,17-23H2,3-4H3/t27-,28+,29+,31?,35?/m1/s1. The highest BCUT2D eigenvalue weighted by Gasteiger charge is 2.74. The summed E-state index contributed by atoms with van der Waals surface area (Å²) in [6.07, 6.45) is 5.14. The van der Waals surface area contributed by atoms with Crippen molar-refractivity contribution in [1.82, 2.24) is 9.80 Å². The zero-order valence-electron chi connectivity index (χ0n) is 25.3. The number of anilines is 1. The van der Waals surface area contributed by atoms with Gasteiger partial charge in [0.25, 0.3) is 5.91 Å². The fourth-order valence-corrected chi connectivity index (χ4v) is 7.55. The summed E-state index contributed by atoms with van der Waals surface area (Å²) in [5.74, 6) is -2.02. The highest BCUT2D eigenvalue weighted by Crippen LogP contribution is 2.59. The maximum Gasteiger partial charge on any atom is 0.253 e. The molecule has 3 aliphatic rings. The largest absolute Gasteiger partial charge is 0.396 e. The zero-order chi connectivity index (χ0) is 30.7. The molecule has 0 aliphatic carbocycles. The SMILES string of the molecule is C=CCN(Cc1ccccc1)C(=O)[C@@H]1[C@H]2C(=O)N(CCCCO)C(C(=O)N(CC=C)c3c(C)cccc3C)C23CC[C@H]1O3. The van der Waals surface area contributed by atoms with E-state index in [1.165, 1.54) is 0 Å². The van der Waals surface area contributed by atoms with Gasteiger partial charge in [-0.25, -0.2) is 0 Å². The molecule has 2 bridgehead atoms. The van der Waals surface area contributed by atoms with Crippen LogP contribution in [-0.4, -0.2) is 76.6 Å². The summed E-state index contributed by atoms with van der Waals surface area (Å²) in [6.45, 7) is 13.0. The first-order chi connectivity index (χ1) is 20.8. The van der Waals surface area contributed by atoms with Crippen LogP contribution in [0.5, 0.6) is 0 Å². The average molecular weight is 586 g/mol. The summed E-state index contributed by atoms with van der Waals surface area (Å²) in [5.41, 5.74) is 2.59. The third-order valence-electron chi connectivity index (χ3n) is 9.29. The number of aliphatic hydroxyl groups excluding tert-OH is 1. The average Bonchev–Trinajstić information content (AvgIpc) is 3.64. The van der Waals surface area contributed by atoms with E-state index in [1.54, 1.807) is 26.9 Å². The van der Waals surface area contributed by atoms with Gasteiger partial charge in [0.05, 0.1) is 17.9 Å². The lowest BCUT2D eigenvalue weighted by Crippen LogP contribution is -2.57. The third-order valence-corrected chi connectivity index (χ3v) is 9.29. The van der Waals surface area contributed by atoms with Crippen LogP contribution in [0.25, 0.3) is 0 Å². The Morgan fingerprint density at radius 3 is 2.37 bits per heavy atom. The lowest BCUT2D eigenvalue weighted by atomic mass is 9.70. The van der Waals surface area contributed by atoms with Gasteiger partial charge in [0.1, 0.15) is 11.6 Å². The maximum absolute atomic E-state index is 14.8. The molecule has 0 radical (unpaired) electrons. The zero-order valence-corrected chi connectivity index (χ0v) is 25.3. The second kappa shape index (κ2) is 12.9. The van der Waals surface area contributed by atoms with Crippen molar-refractivity contribution in [3.8, 4) is 0 Å². The molecular weight excluding hydrogens is 542 g/mol. The summed E-state index contributed by atoms with van der Waals surface area (Å²) in [7, 11) is 0. The molecule has 5 rings (SSSR count). The van der Waals surface area contributed by atoms with Gasteiger partial charge in [-0.1, -0.05) is 60.7 Å². The van der Waals surface area contributed by atoms with Crippen molar-refractivity contribution in [3.63, 3.8) is 0 Å². The molecule has 3 saturated heterocycles. The van der Waals surface area contributed by atoms with Crippen molar-refractivity contribution < 1.29 is 24.2 Å². The second-order valence-corrected chi connectivity index (χ2v) is 12.0. The monoisotopic (exact) mass is 585 g/mol. The topological polar surface area (TPSA) is 90.4 Å². The van der Waals surface area contributed by atoms with Crippen LogP contribution in [0.4, 0.5) is 5.69 Å². The van der Waals surface area contributed by atoms with Crippen LogP contribution >= 0.6 is 0 Å². The van der Waals surface area contributed by atoms with E-state index in [0.717, 1.165) is 22.4 Å². The molecule has 8 nitrogen and oxygen atoms in total. The number of ether oxygens (including phenoxy) is 1. The number of hydrogen-bond donors (Lipinski definition) is 1.